The van der Waals surface area contributed by atoms with Crippen LogP contribution in [0.3, 0.4) is 0 Å². The molecule has 1 aliphatic heterocycles. The van der Waals surface area contributed by atoms with E-state index in [0.29, 0.717) is 6.42 Å². The molecule has 1 saturated heterocycles. The summed E-state index contributed by atoms with van der Waals surface area (Å²) in [6, 6.07) is -0.373. The highest BCUT2D eigenvalue weighted by molar-refractivity contribution is 7.91. The first kappa shape index (κ1) is 12.0. The quantitative estimate of drug-likeness (QED) is 0.640. The van der Waals surface area contributed by atoms with Crippen molar-refractivity contribution in [2.75, 3.05) is 18.6 Å². The largest absolute Gasteiger partial charge is 0.481 e. The molecular formula is C8H13NO5S. The van der Waals surface area contributed by atoms with Crippen LogP contribution in [0, 0.1) is 0 Å². The molecule has 0 aromatic rings. The molecule has 0 aromatic carbocycles. The summed E-state index contributed by atoms with van der Waals surface area (Å²) < 4.78 is 22.3. The Kier molecular flexibility index (Phi) is 3.33. The molecule has 1 aliphatic rings. The second-order valence-electron chi connectivity index (χ2n) is 3.63. The fourth-order valence-electron chi connectivity index (χ4n) is 1.54. The number of carbonyl (C=O) groups excluding carboxylic acids is 1. The maximum absolute atomic E-state index is 11.3. The molecule has 0 saturated carbocycles. The third kappa shape index (κ3) is 3.19. The van der Waals surface area contributed by atoms with Crippen molar-refractivity contribution in [1.82, 2.24) is 4.90 Å². The van der Waals surface area contributed by atoms with Gasteiger partial charge < -0.3 is 10.0 Å². The van der Waals surface area contributed by atoms with Crippen molar-refractivity contribution in [2.45, 2.75) is 18.9 Å². The SMILES string of the molecule is CN(C(=O)CC(=O)O)C1CCS(=O)(=O)C1. The van der Waals surface area contributed by atoms with Crippen molar-refractivity contribution >= 4 is 21.7 Å². The Balaban J connectivity index is 2.59. The maximum Gasteiger partial charge on any atom is 0.312 e. The van der Waals surface area contributed by atoms with E-state index in [0.717, 1.165) is 0 Å². The van der Waals surface area contributed by atoms with Gasteiger partial charge in [-0.25, -0.2) is 8.42 Å². The lowest BCUT2D eigenvalue weighted by molar-refractivity contribution is -0.144. The highest BCUT2D eigenvalue weighted by Gasteiger charge is 2.32. The highest BCUT2D eigenvalue weighted by Crippen LogP contribution is 2.16. The van der Waals surface area contributed by atoms with E-state index >= 15 is 0 Å². The van der Waals surface area contributed by atoms with Crippen molar-refractivity contribution in [3.8, 4) is 0 Å². The zero-order valence-corrected chi connectivity index (χ0v) is 9.16. The standard InChI is InChI=1S/C8H13NO5S/c1-9(7(10)4-8(11)12)6-2-3-15(13,14)5-6/h6H,2-5H2,1H3,(H,11,12). The number of carbonyl (C=O) groups is 2. The molecule has 1 rings (SSSR count). The molecule has 1 fully saturated rings. The zero-order chi connectivity index (χ0) is 11.6. The lowest BCUT2D eigenvalue weighted by atomic mass is 10.2. The van der Waals surface area contributed by atoms with Crippen LogP contribution in [0.25, 0.3) is 0 Å². The summed E-state index contributed by atoms with van der Waals surface area (Å²) in [6.45, 7) is 0. The summed E-state index contributed by atoms with van der Waals surface area (Å²) in [5.74, 6) is -1.74. The van der Waals surface area contributed by atoms with Crippen LogP contribution < -0.4 is 0 Å². The normalized spacial score (nSPS) is 23.7. The molecule has 0 aliphatic carbocycles. The molecule has 0 radical (unpaired) electrons. The minimum absolute atomic E-state index is 0.0607. The summed E-state index contributed by atoms with van der Waals surface area (Å²) in [7, 11) is -1.60. The van der Waals surface area contributed by atoms with Gasteiger partial charge in [0.15, 0.2) is 9.84 Å². The second-order valence-corrected chi connectivity index (χ2v) is 5.86. The Morgan fingerprint density at radius 1 is 1.47 bits per heavy atom. The van der Waals surface area contributed by atoms with Gasteiger partial charge in [-0.3, -0.25) is 9.59 Å². The van der Waals surface area contributed by atoms with Crippen LogP contribution in [0.2, 0.25) is 0 Å². The van der Waals surface area contributed by atoms with Gasteiger partial charge in [0.2, 0.25) is 5.91 Å². The van der Waals surface area contributed by atoms with Crippen LogP contribution in [0.4, 0.5) is 0 Å². The number of nitrogens with zero attached hydrogens (tertiary/aromatic N) is 1. The zero-order valence-electron chi connectivity index (χ0n) is 8.34. The predicted molar refractivity (Wildman–Crippen MR) is 52.1 cm³/mol. The Bertz CT molecular complexity index is 374. The monoisotopic (exact) mass is 235 g/mol. The third-order valence-corrected chi connectivity index (χ3v) is 4.20. The van der Waals surface area contributed by atoms with E-state index in [9.17, 15) is 18.0 Å². The van der Waals surface area contributed by atoms with Gasteiger partial charge >= 0.3 is 5.97 Å². The number of hydrogen-bond donors (Lipinski definition) is 1. The summed E-state index contributed by atoms with van der Waals surface area (Å²) in [6.07, 6.45) is -0.197. The smallest absolute Gasteiger partial charge is 0.312 e. The minimum atomic E-state index is -3.04. The van der Waals surface area contributed by atoms with Gasteiger partial charge in [-0.15, -0.1) is 0 Å². The molecular weight excluding hydrogens is 222 g/mol. The first-order valence-corrected chi connectivity index (χ1v) is 6.32. The van der Waals surface area contributed by atoms with E-state index in [1.54, 1.807) is 0 Å². The van der Waals surface area contributed by atoms with Crippen LogP contribution in [0.5, 0.6) is 0 Å². The van der Waals surface area contributed by atoms with Gasteiger partial charge in [0.1, 0.15) is 6.42 Å². The molecule has 1 heterocycles. The topological polar surface area (TPSA) is 91.8 Å². The van der Waals surface area contributed by atoms with E-state index < -0.39 is 28.1 Å². The third-order valence-electron chi connectivity index (χ3n) is 2.45. The van der Waals surface area contributed by atoms with Crippen molar-refractivity contribution in [1.29, 1.82) is 0 Å². The predicted octanol–water partition coefficient (Wildman–Crippen LogP) is -0.893. The minimum Gasteiger partial charge on any atom is -0.481 e. The van der Waals surface area contributed by atoms with E-state index in [-0.39, 0.29) is 17.5 Å². The van der Waals surface area contributed by atoms with Crippen molar-refractivity contribution in [3.05, 3.63) is 0 Å². The number of sulfone groups is 1. The lowest BCUT2D eigenvalue weighted by Crippen LogP contribution is -2.38. The average Bonchev–Trinajstić information content (AvgIpc) is 2.43. The summed E-state index contributed by atoms with van der Waals surface area (Å²) in [5, 5.41) is 8.41. The molecule has 0 bridgehead atoms. The number of carboxylic acids is 1. The van der Waals surface area contributed by atoms with Crippen LogP contribution in [-0.2, 0) is 19.4 Å². The Labute approximate surface area is 87.8 Å². The molecule has 6 nitrogen and oxygen atoms in total. The fraction of sp³-hybridized carbons (Fsp3) is 0.750. The highest BCUT2D eigenvalue weighted by atomic mass is 32.2. The molecule has 1 N–H and O–H groups in total. The number of amides is 1. The van der Waals surface area contributed by atoms with Gasteiger partial charge in [-0.1, -0.05) is 0 Å². The van der Waals surface area contributed by atoms with Crippen LogP contribution in [-0.4, -0.2) is 54.9 Å². The van der Waals surface area contributed by atoms with E-state index in [2.05, 4.69) is 0 Å². The number of hydrogen-bond acceptors (Lipinski definition) is 4. The van der Waals surface area contributed by atoms with Gasteiger partial charge in [0.25, 0.3) is 0 Å². The molecule has 1 unspecified atom stereocenters. The molecule has 1 atom stereocenters. The molecule has 0 aromatic heterocycles. The molecule has 7 heteroatoms. The molecule has 1 amide bonds. The van der Waals surface area contributed by atoms with E-state index in [1.807, 2.05) is 0 Å². The number of carboxylic acid groups (broad SMARTS) is 1. The average molecular weight is 235 g/mol. The number of rotatable bonds is 3. The second kappa shape index (κ2) is 4.18. The summed E-state index contributed by atoms with van der Waals surface area (Å²) in [4.78, 5) is 22.8. The molecule has 86 valence electrons. The van der Waals surface area contributed by atoms with Gasteiger partial charge in [-0.2, -0.15) is 0 Å². The van der Waals surface area contributed by atoms with Crippen molar-refractivity contribution in [2.24, 2.45) is 0 Å². The van der Waals surface area contributed by atoms with Gasteiger partial charge in [-0.05, 0) is 6.42 Å². The first-order valence-electron chi connectivity index (χ1n) is 4.50. The van der Waals surface area contributed by atoms with Gasteiger partial charge in [0.05, 0.1) is 11.5 Å². The van der Waals surface area contributed by atoms with Crippen LogP contribution >= 0.6 is 0 Å². The van der Waals surface area contributed by atoms with Crippen LogP contribution in [0.1, 0.15) is 12.8 Å². The van der Waals surface area contributed by atoms with Crippen LogP contribution in [0.15, 0.2) is 0 Å². The summed E-state index contributed by atoms with van der Waals surface area (Å²) >= 11 is 0. The lowest BCUT2D eigenvalue weighted by Gasteiger charge is -2.22. The molecule has 0 spiro atoms. The van der Waals surface area contributed by atoms with E-state index in [1.165, 1.54) is 11.9 Å². The Hall–Kier alpha value is -1.11. The summed E-state index contributed by atoms with van der Waals surface area (Å²) in [5.41, 5.74) is 0. The first-order chi connectivity index (χ1) is 6.82. The molecule has 15 heavy (non-hydrogen) atoms. The Morgan fingerprint density at radius 2 is 2.07 bits per heavy atom. The van der Waals surface area contributed by atoms with Crippen molar-refractivity contribution < 1.29 is 23.1 Å². The van der Waals surface area contributed by atoms with E-state index in [4.69, 9.17) is 5.11 Å². The van der Waals surface area contributed by atoms with Crippen molar-refractivity contribution in [3.63, 3.8) is 0 Å². The Morgan fingerprint density at radius 3 is 2.47 bits per heavy atom. The van der Waals surface area contributed by atoms with Gasteiger partial charge in [0, 0.05) is 13.1 Å². The number of aliphatic carboxylic acids is 1. The fourth-order valence-corrected chi connectivity index (χ4v) is 3.31. The maximum atomic E-state index is 11.3.